The van der Waals surface area contributed by atoms with E-state index in [2.05, 4.69) is 28.2 Å². The van der Waals surface area contributed by atoms with Gasteiger partial charge in [0.05, 0.1) is 11.6 Å². The Balaban J connectivity index is 2.04. The van der Waals surface area contributed by atoms with Gasteiger partial charge in [-0.1, -0.05) is 18.2 Å². The molecule has 2 heterocycles. The summed E-state index contributed by atoms with van der Waals surface area (Å²) in [7, 11) is 0. The lowest BCUT2D eigenvalue weighted by Crippen LogP contribution is -2.12. The fourth-order valence-corrected chi connectivity index (χ4v) is 2.23. The molecule has 0 saturated carbocycles. The molecule has 3 aromatic rings. The van der Waals surface area contributed by atoms with Crippen LogP contribution in [0.1, 0.15) is 22.9 Å². The number of nitrogens with two attached hydrogens (primary N) is 1. The van der Waals surface area contributed by atoms with Crippen LogP contribution in [0, 0.1) is 6.92 Å². The lowest BCUT2D eigenvalue weighted by Gasteiger charge is -2.13. The maximum Gasteiger partial charge on any atom is 0.0705 e. The number of nitrogens with zero attached hydrogens (tertiary/aromatic N) is 2. The van der Waals surface area contributed by atoms with E-state index in [0.717, 1.165) is 27.7 Å². The number of rotatable bonds is 2. The minimum atomic E-state index is -0.145. The number of hydrogen-bond donors (Lipinski definition) is 1. The van der Waals surface area contributed by atoms with Crippen LogP contribution in [-0.4, -0.2) is 9.97 Å². The highest BCUT2D eigenvalue weighted by Crippen LogP contribution is 2.22. The third-order valence-corrected chi connectivity index (χ3v) is 3.27. The van der Waals surface area contributed by atoms with Crippen LogP contribution in [0.5, 0.6) is 0 Å². The molecule has 19 heavy (non-hydrogen) atoms. The van der Waals surface area contributed by atoms with Gasteiger partial charge in [0.1, 0.15) is 0 Å². The molecule has 0 spiro atoms. The molecule has 0 radical (unpaired) electrons. The van der Waals surface area contributed by atoms with Crippen molar-refractivity contribution in [2.75, 3.05) is 0 Å². The summed E-state index contributed by atoms with van der Waals surface area (Å²) in [6.07, 6.45) is 3.60. The zero-order chi connectivity index (χ0) is 13.2. The van der Waals surface area contributed by atoms with Crippen molar-refractivity contribution < 1.29 is 0 Å². The minimum absolute atomic E-state index is 0.145. The minimum Gasteiger partial charge on any atom is -0.320 e. The number of hydrogen-bond acceptors (Lipinski definition) is 3. The molecular formula is C16H15N3. The van der Waals surface area contributed by atoms with E-state index in [-0.39, 0.29) is 6.04 Å². The van der Waals surface area contributed by atoms with Crippen molar-refractivity contribution in [1.82, 2.24) is 9.97 Å². The fraction of sp³-hybridized carbons (Fsp3) is 0.125. The summed E-state index contributed by atoms with van der Waals surface area (Å²) in [5.74, 6) is 0. The third kappa shape index (κ3) is 2.33. The first-order chi connectivity index (χ1) is 9.24. The molecule has 3 rings (SSSR count). The van der Waals surface area contributed by atoms with Gasteiger partial charge >= 0.3 is 0 Å². The smallest absolute Gasteiger partial charge is 0.0705 e. The van der Waals surface area contributed by atoms with Gasteiger partial charge in [-0.3, -0.25) is 9.97 Å². The van der Waals surface area contributed by atoms with Crippen LogP contribution in [-0.2, 0) is 0 Å². The van der Waals surface area contributed by atoms with Crippen LogP contribution in [0.15, 0.2) is 54.9 Å². The van der Waals surface area contributed by atoms with Crippen molar-refractivity contribution in [2.24, 2.45) is 5.73 Å². The topological polar surface area (TPSA) is 51.8 Å². The van der Waals surface area contributed by atoms with Gasteiger partial charge in [-0.15, -0.1) is 0 Å². The number of benzene rings is 1. The normalized spacial score (nSPS) is 12.5. The summed E-state index contributed by atoms with van der Waals surface area (Å²) < 4.78 is 0. The molecule has 0 saturated heterocycles. The first kappa shape index (κ1) is 11.8. The van der Waals surface area contributed by atoms with Crippen molar-refractivity contribution in [3.8, 4) is 0 Å². The van der Waals surface area contributed by atoms with E-state index in [1.54, 1.807) is 12.4 Å². The molecule has 3 heteroatoms. The predicted molar refractivity (Wildman–Crippen MR) is 76.7 cm³/mol. The Morgan fingerprint density at radius 2 is 1.79 bits per heavy atom. The Bertz CT molecular complexity index is 722. The van der Waals surface area contributed by atoms with Crippen LogP contribution in [0.2, 0.25) is 0 Å². The van der Waals surface area contributed by atoms with Gasteiger partial charge in [0.25, 0.3) is 0 Å². The fourth-order valence-electron chi connectivity index (χ4n) is 2.23. The zero-order valence-electron chi connectivity index (χ0n) is 10.7. The first-order valence-corrected chi connectivity index (χ1v) is 6.27. The van der Waals surface area contributed by atoms with Crippen LogP contribution < -0.4 is 5.73 Å². The molecule has 3 nitrogen and oxygen atoms in total. The molecule has 0 fully saturated rings. The Morgan fingerprint density at radius 3 is 2.63 bits per heavy atom. The van der Waals surface area contributed by atoms with Gasteiger partial charge in [0.2, 0.25) is 0 Å². The maximum atomic E-state index is 6.32. The van der Waals surface area contributed by atoms with Crippen LogP contribution in [0.25, 0.3) is 10.9 Å². The molecule has 0 bridgehead atoms. The van der Waals surface area contributed by atoms with Gasteiger partial charge in [-0.25, -0.2) is 0 Å². The van der Waals surface area contributed by atoms with Crippen LogP contribution >= 0.6 is 0 Å². The van der Waals surface area contributed by atoms with Gasteiger partial charge in [0, 0.05) is 23.5 Å². The monoisotopic (exact) mass is 249 g/mol. The van der Waals surface area contributed by atoms with Crippen LogP contribution in [0.4, 0.5) is 0 Å². The molecule has 0 amide bonds. The standard InChI is InChI=1S/C16H15N3/c1-11-9-14(6-8-18-11)16(17)13-5-4-12-3-2-7-19-15(12)10-13/h2-10,16H,17H2,1H3. The molecule has 1 unspecified atom stereocenters. The lowest BCUT2D eigenvalue weighted by atomic mass is 9.99. The maximum absolute atomic E-state index is 6.32. The zero-order valence-corrected chi connectivity index (χ0v) is 10.7. The number of aryl methyl sites for hydroxylation is 1. The molecule has 2 aromatic heterocycles. The average molecular weight is 249 g/mol. The Morgan fingerprint density at radius 1 is 0.947 bits per heavy atom. The highest BCUT2D eigenvalue weighted by atomic mass is 14.7. The van der Waals surface area contributed by atoms with Crippen molar-refractivity contribution >= 4 is 10.9 Å². The molecule has 2 N–H and O–H groups in total. The second-order valence-electron chi connectivity index (χ2n) is 4.66. The van der Waals surface area contributed by atoms with E-state index >= 15 is 0 Å². The van der Waals surface area contributed by atoms with Gasteiger partial charge < -0.3 is 5.73 Å². The van der Waals surface area contributed by atoms with Gasteiger partial charge in [0.15, 0.2) is 0 Å². The van der Waals surface area contributed by atoms with Gasteiger partial charge in [-0.2, -0.15) is 0 Å². The van der Waals surface area contributed by atoms with E-state index in [4.69, 9.17) is 5.73 Å². The highest BCUT2D eigenvalue weighted by Gasteiger charge is 2.10. The number of aromatic nitrogens is 2. The molecule has 94 valence electrons. The first-order valence-electron chi connectivity index (χ1n) is 6.27. The summed E-state index contributed by atoms with van der Waals surface area (Å²) in [6.45, 7) is 1.97. The van der Waals surface area contributed by atoms with Crippen molar-refractivity contribution in [3.05, 3.63) is 71.7 Å². The van der Waals surface area contributed by atoms with Crippen molar-refractivity contribution in [3.63, 3.8) is 0 Å². The number of pyridine rings is 2. The molecule has 0 aliphatic rings. The van der Waals surface area contributed by atoms with E-state index < -0.39 is 0 Å². The van der Waals surface area contributed by atoms with Crippen molar-refractivity contribution in [2.45, 2.75) is 13.0 Å². The molecule has 0 aliphatic carbocycles. The Labute approximate surface area is 112 Å². The SMILES string of the molecule is Cc1cc(C(N)c2ccc3cccnc3c2)ccn1. The number of fused-ring (bicyclic) bond motifs is 1. The van der Waals surface area contributed by atoms with Gasteiger partial charge in [-0.05, 0) is 42.3 Å². The van der Waals surface area contributed by atoms with E-state index in [1.165, 1.54) is 0 Å². The van der Waals surface area contributed by atoms with E-state index in [9.17, 15) is 0 Å². The summed E-state index contributed by atoms with van der Waals surface area (Å²) in [5.41, 5.74) is 10.4. The summed E-state index contributed by atoms with van der Waals surface area (Å²) in [6, 6.07) is 14.0. The summed E-state index contributed by atoms with van der Waals surface area (Å²) in [5, 5.41) is 1.13. The quantitative estimate of drug-likeness (QED) is 0.759. The molecular weight excluding hydrogens is 234 g/mol. The second-order valence-corrected chi connectivity index (χ2v) is 4.66. The summed E-state index contributed by atoms with van der Waals surface area (Å²) in [4.78, 5) is 8.57. The predicted octanol–water partition coefficient (Wildman–Crippen LogP) is 2.99. The molecule has 0 aliphatic heterocycles. The average Bonchev–Trinajstić information content (AvgIpc) is 2.46. The van der Waals surface area contributed by atoms with Crippen molar-refractivity contribution in [1.29, 1.82) is 0 Å². The Kier molecular flexibility index (Phi) is 2.97. The molecule has 1 atom stereocenters. The largest absolute Gasteiger partial charge is 0.320 e. The lowest BCUT2D eigenvalue weighted by molar-refractivity contribution is 0.865. The van der Waals surface area contributed by atoms with E-state index in [1.807, 2.05) is 31.2 Å². The van der Waals surface area contributed by atoms with Crippen LogP contribution in [0.3, 0.4) is 0 Å². The molecule has 1 aromatic carbocycles. The second kappa shape index (κ2) is 4.78. The summed E-state index contributed by atoms with van der Waals surface area (Å²) >= 11 is 0. The van der Waals surface area contributed by atoms with E-state index in [0.29, 0.717) is 0 Å². The Hall–Kier alpha value is -2.26. The third-order valence-electron chi connectivity index (χ3n) is 3.27. The highest BCUT2D eigenvalue weighted by molar-refractivity contribution is 5.79.